The smallest absolute Gasteiger partial charge is 0.271 e. The van der Waals surface area contributed by atoms with Gasteiger partial charge in [0.2, 0.25) is 0 Å². The number of thiophene rings is 1. The molecule has 4 nitrogen and oxygen atoms in total. The summed E-state index contributed by atoms with van der Waals surface area (Å²) in [4.78, 5) is 0.986. The molecule has 1 aromatic carbocycles. The third-order valence-corrected chi connectivity index (χ3v) is 6.15. The lowest BCUT2D eigenvalue weighted by Gasteiger charge is -2.18. The van der Waals surface area contributed by atoms with Gasteiger partial charge in [0.25, 0.3) is 10.0 Å². The van der Waals surface area contributed by atoms with Crippen LogP contribution < -0.4 is 10.0 Å². The Hall–Kier alpha value is -1.53. The Morgan fingerprint density at radius 3 is 2.85 bits per heavy atom. The van der Waals surface area contributed by atoms with E-state index in [1.165, 1.54) is 16.9 Å². The average molecular weight is 308 g/mol. The zero-order valence-corrected chi connectivity index (χ0v) is 12.8. The maximum Gasteiger partial charge on any atom is 0.271 e. The number of sulfonamides is 1. The number of rotatable bonds is 3. The molecule has 0 bridgehead atoms. The molecule has 0 radical (unpaired) electrons. The first-order valence-electron chi connectivity index (χ1n) is 6.51. The molecule has 6 heteroatoms. The minimum atomic E-state index is -3.47. The molecule has 0 atom stereocenters. The molecule has 1 aromatic heterocycles. The highest BCUT2D eigenvalue weighted by Crippen LogP contribution is 2.28. The number of benzene rings is 1. The lowest BCUT2D eigenvalue weighted by molar-refractivity contribution is 0.603. The van der Waals surface area contributed by atoms with Crippen LogP contribution >= 0.6 is 11.3 Å². The first-order valence-corrected chi connectivity index (χ1v) is 8.81. The Morgan fingerprint density at radius 2 is 2.10 bits per heavy atom. The number of fused-ring (bicyclic) bond motifs is 1. The van der Waals surface area contributed by atoms with E-state index in [0.29, 0.717) is 9.90 Å². The topological polar surface area (TPSA) is 58.2 Å². The van der Waals surface area contributed by atoms with Crippen molar-refractivity contribution in [3.63, 3.8) is 0 Å². The average Bonchev–Trinajstić information content (AvgIpc) is 2.86. The molecule has 0 aliphatic carbocycles. The highest BCUT2D eigenvalue weighted by molar-refractivity contribution is 7.94. The van der Waals surface area contributed by atoms with Gasteiger partial charge < -0.3 is 5.32 Å². The van der Waals surface area contributed by atoms with Gasteiger partial charge in [-0.05, 0) is 55.7 Å². The molecule has 0 unspecified atom stereocenters. The van der Waals surface area contributed by atoms with Crippen molar-refractivity contribution in [1.82, 2.24) is 0 Å². The van der Waals surface area contributed by atoms with Crippen LogP contribution in [-0.2, 0) is 16.4 Å². The molecule has 106 valence electrons. The van der Waals surface area contributed by atoms with E-state index < -0.39 is 10.0 Å². The lowest BCUT2D eigenvalue weighted by atomic mass is 10.0. The van der Waals surface area contributed by atoms with Crippen LogP contribution in [0.2, 0.25) is 0 Å². The summed E-state index contributed by atoms with van der Waals surface area (Å²) in [5.74, 6) is 0. The van der Waals surface area contributed by atoms with Crippen LogP contribution in [-0.4, -0.2) is 15.0 Å². The van der Waals surface area contributed by atoms with Crippen molar-refractivity contribution in [1.29, 1.82) is 0 Å². The fourth-order valence-corrected chi connectivity index (χ4v) is 4.63. The number of aryl methyl sites for hydroxylation is 2. The highest BCUT2D eigenvalue weighted by Gasteiger charge is 2.17. The van der Waals surface area contributed by atoms with Gasteiger partial charge in [-0.25, -0.2) is 8.42 Å². The second-order valence-electron chi connectivity index (χ2n) is 4.87. The van der Waals surface area contributed by atoms with Gasteiger partial charge in [-0.1, -0.05) is 0 Å². The summed E-state index contributed by atoms with van der Waals surface area (Å²) >= 11 is 1.28. The van der Waals surface area contributed by atoms with E-state index in [1.54, 1.807) is 12.1 Å². The molecule has 2 heterocycles. The van der Waals surface area contributed by atoms with E-state index in [9.17, 15) is 8.42 Å². The van der Waals surface area contributed by atoms with Crippen LogP contribution in [0.5, 0.6) is 0 Å². The second kappa shape index (κ2) is 5.10. The normalized spacial score (nSPS) is 14.4. The van der Waals surface area contributed by atoms with Crippen molar-refractivity contribution in [3.8, 4) is 0 Å². The fourth-order valence-electron chi connectivity index (χ4n) is 2.30. The molecule has 2 N–H and O–H groups in total. The molecular weight excluding hydrogens is 292 g/mol. The maximum atomic E-state index is 12.3. The van der Waals surface area contributed by atoms with Crippen molar-refractivity contribution in [2.24, 2.45) is 0 Å². The summed E-state index contributed by atoms with van der Waals surface area (Å²) in [5.41, 5.74) is 2.89. The Labute approximate surface area is 122 Å². The minimum Gasteiger partial charge on any atom is -0.385 e. The molecular formula is C14H16N2O2S2. The largest absolute Gasteiger partial charge is 0.385 e. The van der Waals surface area contributed by atoms with Crippen molar-refractivity contribution in [2.45, 2.75) is 24.0 Å². The highest BCUT2D eigenvalue weighted by atomic mass is 32.2. The Kier molecular flexibility index (Phi) is 3.43. The third kappa shape index (κ3) is 2.66. The summed E-state index contributed by atoms with van der Waals surface area (Å²) < 4.78 is 27.5. The van der Waals surface area contributed by atoms with Crippen molar-refractivity contribution < 1.29 is 8.42 Å². The maximum absolute atomic E-state index is 12.3. The summed E-state index contributed by atoms with van der Waals surface area (Å²) in [7, 11) is -3.47. The summed E-state index contributed by atoms with van der Waals surface area (Å²) in [6, 6.07) is 9.11. The van der Waals surface area contributed by atoms with Gasteiger partial charge in [0.05, 0.1) is 0 Å². The quantitative estimate of drug-likeness (QED) is 0.915. The second-order valence-corrected chi connectivity index (χ2v) is 8.07. The van der Waals surface area contributed by atoms with Crippen LogP contribution in [0, 0.1) is 6.92 Å². The molecule has 2 aromatic rings. The molecule has 3 rings (SSSR count). The van der Waals surface area contributed by atoms with Crippen LogP contribution in [0.25, 0.3) is 0 Å². The first kappa shape index (κ1) is 13.5. The Morgan fingerprint density at radius 1 is 1.25 bits per heavy atom. The zero-order valence-electron chi connectivity index (χ0n) is 11.1. The van der Waals surface area contributed by atoms with Gasteiger partial charge >= 0.3 is 0 Å². The zero-order chi connectivity index (χ0) is 14.2. The van der Waals surface area contributed by atoms with E-state index in [2.05, 4.69) is 10.0 Å². The number of anilines is 2. The van der Waals surface area contributed by atoms with Crippen LogP contribution in [0.3, 0.4) is 0 Å². The molecule has 1 aliphatic heterocycles. The molecule has 0 fully saturated rings. The fraction of sp³-hybridized carbons (Fsp3) is 0.286. The van der Waals surface area contributed by atoms with Crippen LogP contribution in [0.15, 0.2) is 34.5 Å². The van der Waals surface area contributed by atoms with E-state index >= 15 is 0 Å². The summed E-state index contributed by atoms with van der Waals surface area (Å²) in [5, 5.41) is 3.31. The van der Waals surface area contributed by atoms with Crippen molar-refractivity contribution in [3.05, 3.63) is 40.8 Å². The predicted octanol–water partition coefficient (Wildman–Crippen LogP) is 3.22. The summed E-state index contributed by atoms with van der Waals surface area (Å²) in [6.07, 6.45) is 2.06. The standard InChI is InChI=1S/C14H16N2O2S2/c1-10-4-7-14(19-10)20(17,18)16-12-5-6-13-11(9-12)3-2-8-15-13/h4-7,9,15-16H,2-3,8H2,1H3. The van der Waals surface area contributed by atoms with E-state index in [0.717, 1.165) is 30.0 Å². The molecule has 20 heavy (non-hydrogen) atoms. The van der Waals surface area contributed by atoms with Crippen molar-refractivity contribution in [2.75, 3.05) is 16.6 Å². The van der Waals surface area contributed by atoms with Gasteiger partial charge in [0, 0.05) is 22.8 Å². The van der Waals surface area contributed by atoms with Gasteiger partial charge in [0.15, 0.2) is 0 Å². The molecule has 0 saturated carbocycles. The Balaban J connectivity index is 1.87. The van der Waals surface area contributed by atoms with Gasteiger partial charge in [-0.3, -0.25) is 4.72 Å². The number of hydrogen-bond donors (Lipinski definition) is 2. The first-order chi connectivity index (χ1) is 9.54. The van der Waals surface area contributed by atoms with Crippen LogP contribution in [0.4, 0.5) is 11.4 Å². The summed E-state index contributed by atoms with van der Waals surface area (Å²) in [6.45, 7) is 2.88. The number of hydrogen-bond acceptors (Lipinski definition) is 4. The molecule has 1 aliphatic rings. The SMILES string of the molecule is Cc1ccc(S(=O)(=O)Nc2ccc3c(c2)CCCN3)s1. The van der Waals surface area contributed by atoms with Gasteiger partial charge in [0.1, 0.15) is 4.21 Å². The number of nitrogens with one attached hydrogen (secondary N) is 2. The van der Waals surface area contributed by atoms with E-state index in [4.69, 9.17) is 0 Å². The van der Waals surface area contributed by atoms with Crippen molar-refractivity contribution >= 4 is 32.7 Å². The minimum absolute atomic E-state index is 0.353. The predicted molar refractivity (Wildman–Crippen MR) is 83.1 cm³/mol. The van der Waals surface area contributed by atoms with Gasteiger partial charge in [-0.15, -0.1) is 11.3 Å². The van der Waals surface area contributed by atoms with E-state index in [1.807, 2.05) is 25.1 Å². The molecule has 0 saturated heterocycles. The van der Waals surface area contributed by atoms with E-state index in [-0.39, 0.29) is 0 Å². The lowest BCUT2D eigenvalue weighted by Crippen LogP contribution is -2.14. The monoisotopic (exact) mass is 308 g/mol. The van der Waals surface area contributed by atoms with Crippen LogP contribution in [0.1, 0.15) is 16.9 Å². The third-order valence-electron chi connectivity index (χ3n) is 3.28. The Bertz CT molecular complexity index is 735. The molecule has 0 spiro atoms. The van der Waals surface area contributed by atoms with Gasteiger partial charge in [-0.2, -0.15) is 0 Å². The molecule has 0 amide bonds.